The number of nitrogens with zero attached hydrogens (tertiary/aromatic N) is 2. The topological polar surface area (TPSA) is 121 Å². The fourth-order valence-electron chi connectivity index (χ4n) is 7.08. The predicted octanol–water partition coefficient (Wildman–Crippen LogP) is 10.7. The van der Waals surface area contributed by atoms with Gasteiger partial charge in [-0.2, -0.15) is 0 Å². The molecule has 0 bridgehead atoms. The minimum atomic E-state index is -3.67. The summed E-state index contributed by atoms with van der Waals surface area (Å²) in [5, 5.41) is 6.36. The quantitative estimate of drug-likeness (QED) is 0.0715. The minimum absolute atomic E-state index is 0. The molecular weight excluding hydrogens is 1130 g/mol. The van der Waals surface area contributed by atoms with Crippen LogP contribution in [-0.4, -0.2) is 51.0 Å². The molecule has 8 nitrogen and oxygen atoms in total. The zero-order valence-electron chi connectivity index (χ0n) is 41.8. The van der Waals surface area contributed by atoms with Gasteiger partial charge in [-0.1, -0.05) is 214 Å². The number of halogens is 5. The molecule has 70 heavy (non-hydrogen) atoms. The monoisotopic (exact) mass is 1200 g/mol. The normalized spacial score (nSPS) is 11.7. The Bertz CT molecular complexity index is 2210. The van der Waals surface area contributed by atoms with Crippen LogP contribution in [0, 0.1) is 56.4 Å². The van der Waals surface area contributed by atoms with Crippen molar-refractivity contribution in [2.45, 2.75) is 65.7 Å². The second kappa shape index (κ2) is 39.0. The number of sulfonamides is 2. The first-order valence-corrected chi connectivity index (χ1v) is 26.6. The molecule has 6 aromatic rings. The number of hydrogen-bond acceptors (Lipinski definition) is 6. The van der Waals surface area contributed by atoms with Crippen LogP contribution in [-0.2, 0) is 56.8 Å². The van der Waals surface area contributed by atoms with E-state index in [0.717, 1.165) is 34.8 Å². The van der Waals surface area contributed by atoms with Crippen molar-refractivity contribution in [1.82, 2.24) is 10.6 Å². The zero-order valence-corrected chi connectivity index (χ0v) is 47.7. The second-order valence-corrected chi connectivity index (χ2v) is 18.7. The van der Waals surface area contributed by atoms with Crippen LogP contribution in [0.2, 0.25) is 0 Å². The fourth-order valence-corrected chi connectivity index (χ4v) is 8.39. The Kier molecular flexibility index (Phi) is 40.6. The van der Waals surface area contributed by atoms with Gasteiger partial charge < -0.3 is 39.6 Å². The van der Waals surface area contributed by atoms with Gasteiger partial charge in [-0.3, -0.25) is 12.9 Å². The number of nitrogens with one attached hydrogen (secondary N) is 2. The predicted molar refractivity (Wildman–Crippen MR) is 280 cm³/mol. The Morgan fingerprint density at radius 3 is 0.786 bits per heavy atom. The van der Waals surface area contributed by atoms with Crippen molar-refractivity contribution < 1.29 is 71.3 Å². The van der Waals surface area contributed by atoms with Crippen LogP contribution in [0.15, 0.2) is 158 Å². The molecule has 0 aliphatic rings. The van der Waals surface area contributed by atoms with Gasteiger partial charge in [0.15, 0.2) is 0 Å². The van der Waals surface area contributed by atoms with Crippen LogP contribution < -0.4 is 15.3 Å². The van der Waals surface area contributed by atoms with E-state index in [1.54, 1.807) is 0 Å². The second-order valence-electron chi connectivity index (χ2n) is 15.3. The molecule has 0 spiro atoms. The van der Waals surface area contributed by atoms with Crippen LogP contribution >= 0.6 is 9.69 Å². The summed E-state index contributed by atoms with van der Waals surface area (Å²) in [5.41, 5.74) is 11.9. The number of likely N-dealkylation sites (N-methyl/N-ethyl adjacent to an activating group) is 2. The van der Waals surface area contributed by atoms with E-state index in [-0.39, 0.29) is 51.1 Å². The maximum absolute atomic E-state index is 11.7. The van der Waals surface area contributed by atoms with E-state index in [2.05, 4.69) is 108 Å². The van der Waals surface area contributed by atoms with Gasteiger partial charge in [0.25, 0.3) is 0 Å². The summed E-state index contributed by atoms with van der Waals surface area (Å²) in [4.78, 5) is 0. The van der Waals surface area contributed by atoms with Gasteiger partial charge in [0.05, 0.1) is 20.0 Å². The van der Waals surface area contributed by atoms with Crippen molar-refractivity contribution in [2.75, 3.05) is 26.6 Å². The molecule has 0 aliphatic carbocycles. The Labute approximate surface area is 446 Å². The molecule has 0 fully saturated rings. The van der Waals surface area contributed by atoms with E-state index < -0.39 is 39.7 Å². The number of aryl methyl sites for hydroxylation is 6. The molecule has 4 atom stereocenters. The van der Waals surface area contributed by atoms with Crippen LogP contribution in [0.5, 0.6) is 0 Å². The number of benzene rings is 6. The van der Waals surface area contributed by atoms with Gasteiger partial charge in [0.1, 0.15) is 0 Å². The first-order valence-electron chi connectivity index (χ1n) is 20.7. The van der Waals surface area contributed by atoms with Crippen molar-refractivity contribution in [3.05, 3.63) is 238 Å². The van der Waals surface area contributed by atoms with E-state index in [1.165, 1.54) is 33.4 Å². The van der Waals surface area contributed by atoms with Gasteiger partial charge in [-0.25, -0.2) is 16.8 Å². The zero-order chi connectivity index (χ0) is 49.9. The summed E-state index contributed by atoms with van der Waals surface area (Å²) in [6, 6.07) is 50.1. The third-order valence-electron chi connectivity index (χ3n) is 9.20. The largest absolute Gasteiger partial charge is 4.00 e. The summed E-state index contributed by atoms with van der Waals surface area (Å²) >= 11 is 1.82. The van der Waals surface area contributed by atoms with E-state index >= 15 is 0 Å². The molecule has 0 saturated carbocycles. The Hall–Kier alpha value is -3.62. The van der Waals surface area contributed by atoms with Gasteiger partial charge in [-0.05, 0) is 66.8 Å². The smallest absolute Gasteiger partial charge is 1.00 e. The third kappa shape index (κ3) is 31.7. The molecule has 0 radical (unpaired) electrons. The molecule has 0 aromatic heterocycles. The van der Waals surface area contributed by atoms with E-state index in [4.69, 9.17) is 0 Å². The number of hydrogen-bond donors (Lipinski definition) is 2. The molecule has 0 saturated heterocycles. The molecule has 0 unspecified atom stereocenters. The average molecular weight is 1200 g/mol. The molecule has 384 valence electrons. The summed E-state index contributed by atoms with van der Waals surface area (Å²) in [6.07, 6.45) is 2.25. The van der Waals surface area contributed by atoms with Gasteiger partial charge in [-0.15, -0.1) is 0 Å². The Balaban J connectivity index is -0.000000414. The average Bonchev–Trinajstić information content (AvgIpc) is 3.24. The van der Waals surface area contributed by atoms with Crippen molar-refractivity contribution in [3.8, 4) is 0 Å². The van der Waals surface area contributed by atoms with E-state index in [0.29, 0.717) is 0 Å². The van der Waals surface area contributed by atoms with Crippen molar-refractivity contribution in [3.63, 3.8) is 0 Å². The summed E-state index contributed by atoms with van der Waals surface area (Å²) in [6.45, 7) is 12.8. The minimum Gasteiger partial charge on any atom is -1.00 e. The molecule has 6 rings (SSSR count). The molecule has 0 amide bonds. The maximum Gasteiger partial charge on any atom is 4.00 e. The van der Waals surface area contributed by atoms with Gasteiger partial charge in [0.2, 0.25) is 0 Å². The third-order valence-corrected chi connectivity index (χ3v) is 10.4. The van der Waals surface area contributed by atoms with Crippen LogP contribution in [0.3, 0.4) is 0 Å². The molecule has 0 aliphatic heterocycles. The van der Waals surface area contributed by atoms with Crippen molar-refractivity contribution >= 4 is 37.3 Å². The van der Waals surface area contributed by atoms with Crippen LogP contribution in [0.25, 0.3) is 9.44 Å². The first kappa shape index (κ1) is 72.9. The van der Waals surface area contributed by atoms with Crippen LogP contribution in [0.4, 0.5) is 12.9 Å². The van der Waals surface area contributed by atoms with Gasteiger partial charge >= 0.3 is 54.0 Å². The number of rotatable bonds is 12. The van der Waals surface area contributed by atoms with Gasteiger partial charge in [0, 0.05) is 24.6 Å². The molecule has 0 heterocycles. The van der Waals surface area contributed by atoms with Crippen molar-refractivity contribution in [2.24, 2.45) is 0 Å². The fraction of sp³-hybridized carbons (Fsp3) is 0.269. The SMILES string of the molecule is CN[C@@H](c1ccccc1)[C@@H]([N-]S(C)(=O)=O)c1ccccc1.CN[C@@H](c1ccccc1)[C@@H]([N-]S(C)(=O)=O)c1ccccc1.Cc1cc(C)cc(C)c1.Cc1cc(C)cc(C)c1.FB(F)F.[CH3-].[CH3-].[Cl][Ru+3].[F-].[Ru+4]. The van der Waals surface area contributed by atoms with E-state index in [1.807, 2.05) is 153 Å². The Morgan fingerprint density at radius 1 is 0.457 bits per heavy atom. The molecule has 2 N–H and O–H groups in total. The molecule has 18 heteroatoms. The van der Waals surface area contributed by atoms with E-state index in [9.17, 15) is 29.8 Å². The maximum atomic E-state index is 11.7. The van der Waals surface area contributed by atoms with Crippen LogP contribution in [0.1, 0.15) is 79.8 Å². The Morgan fingerprint density at radius 2 is 0.629 bits per heavy atom. The summed E-state index contributed by atoms with van der Waals surface area (Å²) < 4.78 is 83.8. The molecular formula is C52H68BClF4N4O4Ru2S2+2. The summed E-state index contributed by atoms with van der Waals surface area (Å²) in [5.74, 6) is 0. The first-order chi connectivity index (χ1) is 31.1. The molecule has 6 aromatic carbocycles. The summed E-state index contributed by atoms with van der Waals surface area (Å²) in [7, 11) is -2.38. The van der Waals surface area contributed by atoms with Crippen molar-refractivity contribution in [1.29, 1.82) is 0 Å². The standard InChI is InChI=1S/2C16H19N2O2S.2C9H12.2CH3.BF3.ClH.FH.2Ru/c2*1-17-15(13-9-5-3-6-10-13)16(18-21(2,19)20)14-11-7-4-8-12-14;2*1-7-4-8(2)6-9(3)5-7;;;2-1(3)4;;;;/h2*3-12,15-17H,1-2H3;2*4-6H,1-3H3;2*1H3;;2*1H;;/q2*-1;;;2*-1;;;;2*+4/p-2/t2*15-,16-;;;;;;;;;/m00........./s1.